The van der Waals surface area contributed by atoms with Crippen molar-refractivity contribution >= 4 is 21.5 Å². The zero-order valence-electron chi connectivity index (χ0n) is 24.9. The van der Waals surface area contributed by atoms with E-state index in [9.17, 15) is 0 Å². The van der Waals surface area contributed by atoms with Crippen LogP contribution in [0.25, 0.3) is 77.2 Å². The molecule has 0 aromatic heterocycles. The van der Waals surface area contributed by atoms with Crippen LogP contribution in [0, 0.1) is 0 Å². The predicted octanol–water partition coefficient (Wildman–Crippen LogP) is 12.2. The van der Waals surface area contributed by atoms with Gasteiger partial charge in [0.15, 0.2) is 0 Å². The van der Waals surface area contributed by atoms with E-state index < -0.39 is 0 Å². The maximum Gasteiger partial charge on any atom is -0.0000892 e. The van der Waals surface area contributed by atoms with Gasteiger partial charge in [-0.2, -0.15) is 0 Å². The maximum absolute atomic E-state index is 2.38. The first-order valence-corrected chi connectivity index (χ1v) is 15.7. The molecule has 0 fully saturated rings. The van der Waals surface area contributed by atoms with E-state index in [1.807, 2.05) is 0 Å². The Morgan fingerprint density at radius 2 is 0.800 bits per heavy atom. The Labute approximate surface area is 263 Å². The largest absolute Gasteiger partial charge is 0.0622 e. The van der Waals surface area contributed by atoms with Crippen molar-refractivity contribution in [2.75, 3.05) is 0 Å². The van der Waals surface area contributed by atoms with Gasteiger partial charge in [-0.15, -0.1) is 0 Å². The number of fused-ring (bicyclic) bond motifs is 7. The lowest BCUT2D eigenvalue weighted by atomic mass is 9.90. The van der Waals surface area contributed by atoms with Gasteiger partial charge in [0.1, 0.15) is 0 Å². The van der Waals surface area contributed by atoms with Gasteiger partial charge in [0.05, 0.1) is 0 Å². The van der Waals surface area contributed by atoms with Gasteiger partial charge < -0.3 is 0 Å². The molecule has 8 aromatic rings. The monoisotopic (exact) mass is 570 g/mol. The molecule has 8 aromatic carbocycles. The molecule has 0 saturated carbocycles. The average Bonchev–Trinajstić information content (AvgIpc) is 3.51. The topological polar surface area (TPSA) is 0 Å². The third-order valence-corrected chi connectivity index (χ3v) is 9.51. The van der Waals surface area contributed by atoms with Crippen LogP contribution in [-0.4, -0.2) is 0 Å². The highest BCUT2D eigenvalue weighted by molar-refractivity contribution is 6.12. The normalized spacial score (nSPS) is 11.9. The van der Waals surface area contributed by atoms with Crippen molar-refractivity contribution < 1.29 is 0 Å². The van der Waals surface area contributed by atoms with E-state index in [0.717, 1.165) is 6.42 Å². The molecule has 1 aliphatic carbocycles. The molecule has 0 radical (unpaired) electrons. The average molecular weight is 571 g/mol. The quantitative estimate of drug-likeness (QED) is 0.185. The van der Waals surface area contributed by atoms with Crippen LogP contribution >= 0.6 is 0 Å². The summed E-state index contributed by atoms with van der Waals surface area (Å²) in [6.07, 6.45) is 0.933. The van der Waals surface area contributed by atoms with Crippen molar-refractivity contribution in [3.05, 3.63) is 181 Å². The second-order valence-corrected chi connectivity index (χ2v) is 12.1. The summed E-state index contributed by atoms with van der Waals surface area (Å²) in [5.74, 6) is 0. The van der Waals surface area contributed by atoms with Gasteiger partial charge in [-0.05, 0) is 113 Å². The highest BCUT2D eigenvalue weighted by atomic mass is 14.3. The predicted molar refractivity (Wildman–Crippen MR) is 191 cm³/mol. The summed E-state index contributed by atoms with van der Waals surface area (Å²) in [6.45, 7) is 0. The lowest BCUT2D eigenvalue weighted by molar-refractivity contribution is 1.29. The number of rotatable bonds is 4. The molecule has 45 heavy (non-hydrogen) atoms. The molecule has 0 unspecified atom stereocenters. The summed E-state index contributed by atoms with van der Waals surface area (Å²) in [4.78, 5) is 0. The summed E-state index contributed by atoms with van der Waals surface area (Å²) in [7, 11) is 0. The fraction of sp³-hybridized carbons (Fsp3) is 0.0222. The molecular weight excluding hydrogens is 540 g/mol. The van der Waals surface area contributed by atoms with E-state index in [1.165, 1.54) is 88.3 Å². The zero-order chi connectivity index (χ0) is 29.7. The van der Waals surface area contributed by atoms with E-state index >= 15 is 0 Å². The molecule has 0 bridgehead atoms. The molecule has 1 aliphatic rings. The minimum atomic E-state index is 0.933. The number of hydrogen-bond donors (Lipinski definition) is 0. The third kappa shape index (κ3) is 4.38. The first-order valence-electron chi connectivity index (χ1n) is 15.7. The molecule has 0 spiro atoms. The highest BCUT2D eigenvalue weighted by Gasteiger charge is 2.24. The van der Waals surface area contributed by atoms with E-state index in [-0.39, 0.29) is 0 Å². The minimum Gasteiger partial charge on any atom is -0.0622 e. The van der Waals surface area contributed by atoms with Crippen LogP contribution < -0.4 is 0 Å². The van der Waals surface area contributed by atoms with Crippen LogP contribution in [-0.2, 0) is 6.42 Å². The van der Waals surface area contributed by atoms with Gasteiger partial charge in [-0.25, -0.2) is 0 Å². The second-order valence-electron chi connectivity index (χ2n) is 12.1. The van der Waals surface area contributed by atoms with Gasteiger partial charge in [0.25, 0.3) is 0 Å². The van der Waals surface area contributed by atoms with Gasteiger partial charge in [0.2, 0.25) is 0 Å². The van der Waals surface area contributed by atoms with Gasteiger partial charge in [-0.3, -0.25) is 0 Å². The smallest absolute Gasteiger partial charge is 0.0000892 e. The molecule has 0 atom stereocenters. The summed E-state index contributed by atoms with van der Waals surface area (Å²) in [5.41, 5.74) is 15.6. The molecule has 210 valence electrons. The lowest BCUT2D eigenvalue weighted by Crippen LogP contribution is -1.91. The maximum atomic E-state index is 2.38. The first kappa shape index (κ1) is 25.7. The minimum absolute atomic E-state index is 0.933. The van der Waals surface area contributed by atoms with Crippen LogP contribution in [0.4, 0.5) is 0 Å². The molecule has 0 N–H and O–H groups in total. The SMILES string of the molecule is c1ccc(-c2ccc(-c3cc(-c4ccccc4)cc(-c4cccc5c4Cc4c-5ccc5ccc6ccccc6c45)c3)cc2)cc1. The fourth-order valence-electron chi connectivity index (χ4n) is 7.32. The van der Waals surface area contributed by atoms with E-state index in [4.69, 9.17) is 0 Å². The second kappa shape index (κ2) is 10.5. The zero-order valence-corrected chi connectivity index (χ0v) is 24.9. The summed E-state index contributed by atoms with van der Waals surface area (Å²) >= 11 is 0. The van der Waals surface area contributed by atoms with Crippen LogP contribution in [0.15, 0.2) is 170 Å². The Bertz CT molecular complexity index is 2360. The number of benzene rings is 8. The van der Waals surface area contributed by atoms with E-state index in [2.05, 4.69) is 170 Å². The van der Waals surface area contributed by atoms with Crippen molar-refractivity contribution in [2.24, 2.45) is 0 Å². The van der Waals surface area contributed by atoms with Crippen molar-refractivity contribution in [3.8, 4) is 55.6 Å². The van der Waals surface area contributed by atoms with Gasteiger partial charge >= 0.3 is 0 Å². The van der Waals surface area contributed by atoms with Crippen LogP contribution in [0.3, 0.4) is 0 Å². The Morgan fingerprint density at radius 3 is 1.53 bits per heavy atom. The van der Waals surface area contributed by atoms with Gasteiger partial charge in [-0.1, -0.05) is 152 Å². The number of hydrogen-bond acceptors (Lipinski definition) is 0. The fourth-order valence-corrected chi connectivity index (χ4v) is 7.32. The first-order chi connectivity index (χ1) is 22.3. The van der Waals surface area contributed by atoms with Gasteiger partial charge in [0, 0.05) is 0 Å². The van der Waals surface area contributed by atoms with Crippen molar-refractivity contribution in [1.29, 1.82) is 0 Å². The molecule has 0 nitrogen and oxygen atoms in total. The summed E-state index contributed by atoms with van der Waals surface area (Å²) in [5, 5.41) is 5.35. The van der Waals surface area contributed by atoms with Crippen molar-refractivity contribution in [1.82, 2.24) is 0 Å². The van der Waals surface area contributed by atoms with Crippen molar-refractivity contribution in [2.45, 2.75) is 6.42 Å². The van der Waals surface area contributed by atoms with Crippen molar-refractivity contribution in [3.63, 3.8) is 0 Å². The molecule has 0 heteroatoms. The Morgan fingerprint density at radius 1 is 0.289 bits per heavy atom. The molecule has 0 saturated heterocycles. The summed E-state index contributed by atoms with van der Waals surface area (Å²) < 4.78 is 0. The third-order valence-electron chi connectivity index (χ3n) is 9.51. The van der Waals surface area contributed by atoms with Crippen LogP contribution in [0.5, 0.6) is 0 Å². The highest BCUT2D eigenvalue weighted by Crippen LogP contribution is 2.46. The van der Waals surface area contributed by atoms with E-state index in [1.54, 1.807) is 0 Å². The summed E-state index contributed by atoms with van der Waals surface area (Å²) in [6, 6.07) is 62.3. The Hall–Kier alpha value is -5.72. The molecule has 0 amide bonds. The molecule has 0 heterocycles. The standard InChI is InChI=1S/C45H30/c1-3-10-30(11-4-1)32-18-20-33(21-19-32)37-26-36(31-12-5-2-6-13-31)27-38(28-37)39-16-9-17-41-42-25-24-35-23-22-34-14-7-8-15-40(34)45(35)44(42)29-43(39)41/h1-28H,29H2. The Balaban J connectivity index is 1.20. The molecule has 9 rings (SSSR count). The molecular formula is C45H30. The van der Waals surface area contributed by atoms with E-state index in [0.29, 0.717) is 0 Å². The van der Waals surface area contributed by atoms with Crippen LogP contribution in [0.1, 0.15) is 11.1 Å². The lowest BCUT2D eigenvalue weighted by Gasteiger charge is -2.14. The Kier molecular flexibility index (Phi) is 5.99. The van der Waals surface area contributed by atoms with Crippen LogP contribution in [0.2, 0.25) is 0 Å². The molecule has 0 aliphatic heterocycles.